The molecule has 1 aliphatic rings. The first-order chi connectivity index (χ1) is 10.3. The molecule has 22 heavy (non-hydrogen) atoms. The lowest BCUT2D eigenvalue weighted by molar-refractivity contribution is -0.129. The lowest BCUT2D eigenvalue weighted by atomic mass is 10.0. The first kappa shape index (κ1) is 16.4. The summed E-state index contributed by atoms with van der Waals surface area (Å²) in [5, 5.41) is 2.81. The maximum absolute atomic E-state index is 12.6. The Morgan fingerprint density at radius 3 is 2.59 bits per heavy atom. The van der Waals surface area contributed by atoms with Crippen LogP contribution in [0.3, 0.4) is 0 Å². The van der Waals surface area contributed by atoms with Gasteiger partial charge in [-0.15, -0.1) is 0 Å². The van der Waals surface area contributed by atoms with E-state index in [9.17, 15) is 9.59 Å². The molecule has 1 fully saturated rings. The zero-order valence-corrected chi connectivity index (χ0v) is 13.2. The summed E-state index contributed by atoms with van der Waals surface area (Å²) in [5.74, 6) is -0.719. The Hall–Kier alpha value is -1.99. The van der Waals surface area contributed by atoms with Gasteiger partial charge in [0.2, 0.25) is 5.91 Å². The summed E-state index contributed by atoms with van der Waals surface area (Å²) in [6.07, 6.45) is 1.52. The molecule has 1 saturated heterocycles. The predicted octanol–water partition coefficient (Wildman–Crippen LogP) is 0.538. The van der Waals surface area contributed by atoms with Crippen LogP contribution in [-0.2, 0) is 9.53 Å². The van der Waals surface area contributed by atoms with Crippen LogP contribution >= 0.6 is 0 Å². The molecule has 3 N–H and O–H groups in total. The van der Waals surface area contributed by atoms with Crippen LogP contribution in [0.15, 0.2) is 12.3 Å². The van der Waals surface area contributed by atoms with Crippen LogP contribution in [0.4, 0.5) is 5.69 Å². The second kappa shape index (κ2) is 6.41. The highest BCUT2D eigenvalue weighted by molar-refractivity contribution is 5.99. The topological polar surface area (TPSA) is 97.6 Å². The molecule has 0 unspecified atom stereocenters. The van der Waals surface area contributed by atoms with Crippen molar-refractivity contribution in [3.8, 4) is 0 Å². The van der Waals surface area contributed by atoms with Gasteiger partial charge in [0, 0.05) is 13.1 Å². The number of nitrogens with zero attached hydrogens (tertiary/aromatic N) is 2. The van der Waals surface area contributed by atoms with Gasteiger partial charge < -0.3 is 15.8 Å². The van der Waals surface area contributed by atoms with Crippen molar-refractivity contribution in [3.63, 3.8) is 0 Å². The van der Waals surface area contributed by atoms with Crippen molar-refractivity contribution < 1.29 is 14.3 Å². The van der Waals surface area contributed by atoms with Crippen LogP contribution in [-0.4, -0.2) is 53.5 Å². The summed E-state index contributed by atoms with van der Waals surface area (Å²) in [6.45, 7) is 8.08. The summed E-state index contributed by atoms with van der Waals surface area (Å²) in [6, 6.07) is 1.55. The molecule has 0 radical (unpaired) electrons. The van der Waals surface area contributed by atoms with Gasteiger partial charge in [0.25, 0.3) is 5.91 Å². The molecule has 1 aliphatic heterocycles. The number of rotatable bonds is 4. The number of carbonyl (C=O) groups excluding carboxylic acids is 2. The number of pyridine rings is 1. The number of ether oxygens (including phenoxy) is 1. The maximum atomic E-state index is 12.6. The first-order valence-electron chi connectivity index (χ1n) is 7.23. The summed E-state index contributed by atoms with van der Waals surface area (Å²) >= 11 is 0. The number of carbonyl (C=O) groups is 2. The SMILES string of the molecule is Cc1ncc(NC(=O)C(C)(C)N2CCOCC2)cc1C(N)=O. The number of morpholine rings is 1. The average molecular weight is 306 g/mol. The number of amides is 2. The van der Waals surface area contributed by atoms with E-state index in [1.165, 1.54) is 6.20 Å². The van der Waals surface area contributed by atoms with Gasteiger partial charge in [0.1, 0.15) is 0 Å². The van der Waals surface area contributed by atoms with E-state index in [0.717, 1.165) is 0 Å². The fraction of sp³-hybridized carbons (Fsp3) is 0.533. The monoisotopic (exact) mass is 306 g/mol. The van der Waals surface area contributed by atoms with Crippen molar-refractivity contribution in [1.82, 2.24) is 9.88 Å². The zero-order valence-electron chi connectivity index (χ0n) is 13.2. The van der Waals surface area contributed by atoms with Crippen molar-refractivity contribution in [2.75, 3.05) is 31.6 Å². The Labute approximate surface area is 129 Å². The fourth-order valence-electron chi connectivity index (χ4n) is 2.40. The van der Waals surface area contributed by atoms with E-state index in [2.05, 4.69) is 15.2 Å². The van der Waals surface area contributed by atoms with E-state index in [-0.39, 0.29) is 5.91 Å². The van der Waals surface area contributed by atoms with Crippen LogP contribution in [0.25, 0.3) is 0 Å². The zero-order chi connectivity index (χ0) is 16.3. The van der Waals surface area contributed by atoms with Crippen molar-refractivity contribution in [2.45, 2.75) is 26.3 Å². The molecule has 2 amide bonds. The quantitative estimate of drug-likeness (QED) is 0.846. The molecule has 0 aromatic carbocycles. The highest BCUT2D eigenvalue weighted by Gasteiger charge is 2.35. The molecule has 120 valence electrons. The van der Waals surface area contributed by atoms with E-state index in [4.69, 9.17) is 10.5 Å². The number of aromatic nitrogens is 1. The van der Waals surface area contributed by atoms with Crippen molar-refractivity contribution >= 4 is 17.5 Å². The van der Waals surface area contributed by atoms with Crippen LogP contribution in [0.2, 0.25) is 0 Å². The molecule has 7 heteroatoms. The third-order valence-electron chi connectivity index (χ3n) is 3.97. The third kappa shape index (κ3) is 3.42. The van der Waals surface area contributed by atoms with Gasteiger partial charge in [-0.1, -0.05) is 0 Å². The molecule has 1 aromatic heterocycles. The molecular formula is C15H22N4O3. The molecule has 1 aromatic rings. The minimum Gasteiger partial charge on any atom is -0.379 e. The normalized spacial score (nSPS) is 16.3. The van der Waals surface area contributed by atoms with Crippen LogP contribution in [0, 0.1) is 6.92 Å². The van der Waals surface area contributed by atoms with Crippen molar-refractivity contribution in [3.05, 3.63) is 23.5 Å². The largest absolute Gasteiger partial charge is 0.379 e. The number of hydrogen-bond acceptors (Lipinski definition) is 5. The van der Waals surface area contributed by atoms with Gasteiger partial charge in [-0.3, -0.25) is 19.5 Å². The number of primary amides is 1. The summed E-state index contributed by atoms with van der Waals surface area (Å²) in [4.78, 5) is 30.1. The van der Waals surface area contributed by atoms with Crippen LogP contribution in [0.5, 0.6) is 0 Å². The summed E-state index contributed by atoms with van der Waals surface area (Å²) < 4.78 is 5.31. The minimum absolute atomic E-state index is 0.157. The maximum Gasteiger partial charge on any atom is 0.250 e. The molecular weight excluding hydrogens is 284 g/mol. The minimum atomic E-state index is -0.679. The Kier molecular flexibility index (Phi) is 4.77. The van der Waals surface area contributed by atoms with Crippen molar-refractivity contribution in [1.29, 1.82) is 0 Å². The molecule has 2 heterocycles. The number of anilines is 1. The van der Waals surface area contributed by atoms with Crippen LogP contribution < -0.4 is 11.1 Å². The highest BCUT2D eigenvalue weighted by atomic mass is 16.5. The van der Waals surface area contributed by atoms with Gasteiger partial charge >= 0.3 is 0 Å². The first-order valence-corrected chi connectivity index (χ1v) is 7.23. The van der Waals surface area contributed by atoms with Crippen LogP contribution in [0.1, 0.15) is 29.9 Å². The molecule has 0 aliphatic carbocycles. The molecule has 0 spiro atoms. The van der Waals surface area contributed by atoms with E-state index in [1.807, 2.05) is 13.8 Å². The third-order valence-corrected chi connectivity index (χ3v) is 3.97. The van der Waals surface area contributed by atoms with Gasteiger partial charge in [0.05, 0.1) is 41.9 Å². The second-order valence-corrected chi connectivity index (χ2v) is 5.83. The fourth-order valence-corrected chi connectivity index (χ4v) is 2.40. The lowest BCUT2D eigenvalue weighted by Gasteiger charge is -2.39. The van der Waals surface area contributed by atoms with E-state index in [1.54, 1.807) is 13.0 Å². The number of hydrogen-bond donors (Lipinski definition) is 2. The lowest BCUT2D eigenvalue weighted by Crippen LogP contribution is -2.56. The van der Waals surface area contributed by atoms with E-state index in [0.29, 0.717) is 43.2 Å². The summed E-state index contributed by atoms with van der Waals surface area (Å²) in [7, 11) is 0. The Bertz CT molecular complexity index is 580. The van der Waals surface area contributed by atoms with Crippen molar-refractivity contribution in [2.24, 2.45) is 5.73 Å². The highest BCUT2D eigenvalue weighted by Crippen LogP contribution is 2.20. The van der Waals surface area contributed by atoms with Gasteiger partial charge in [-0.2, -0.15) is 0 Å². The van der Waals surface area contributed by atoms with E-state index < -0.39 is 11.4 Å². The molecule has 7 nitrogen and oxygen atoms in total. The molecule has 0 saturated carbocycles. The number of nitrogens with two attached hydrogens (primary N) is 1. The smallest absolute Gasteiger partial charge is 0.250 e. The number of aryl methyl sites for hydroxylation is 1. The predicted molar refractivity (Wildman–Crippen MR) is 82.6 cm³/mol. The standard InChI is InChI=1S/C15H22N4O3/c1-10-12(13(16)20)8-11(9-17-10)18-14(21)15(2,3)19-4-6-22-7-5-19/h8-9H,4-7H2,1-3H3,(H2,16,20)(H,18,21). The van der Waals surface area contributed by atoms with Gasteiger partial charge in [-0.25, -0.2) is 0 Å². The van der Waals surface area contributed by atoms with Gasteiger partial charge in [0.15, 0.2) is 0 Å². The number of nitrogens with one attached hydrogen (secondary N) is 1. The second-order valence-electron chi connectivity index (χ2n) is 5.83. The Morgan fingerprint density at radius 1 is 1.36 bits per heavy atom. The molecule has 2 rings (SSSR count). The summed E-state index contributed by atoms with van der Waals surface area (Å²) in [5.41, 5.74) is 5.94. The average Bonchev–Trinajstić information content (AvgIpc) is 2.49. The molecule has 0 atom stereocenters. The Morgan fingerprint density at radius 2 is 2.00 bits per heavy atom. The molecule has 0 bridgehead atoms. The van der Waals surface area contributed by atoms with Gasteiger partial charge in [-0.05, 0) is 26.8 Å². The Balaban J connectivity index is 2.14. The van der Waals surface area contributed by atoms with E-state index >= 15 is 0 Å².